The van der Waals surface area contributed by atoms with E-state index in [2.05, 4.69) is 32.6 Å². The van der Waals surface area contributed by atoms with E-state index >= 15 is 0 Å². The van der Waals surface area contributed by atoms with Gasteiger partial charge in [-0.2, -0.15) is 0 Å². The van der Waals surface area contributed by atoms with E-state index in [0.717, 1.165) is 19.4 Å². The first-order chi connectivity index (χ1) is 6.38. The number of nitrogens with zero attached hydrogens (tertiary/aromatic N) is 1. The van der Waals surface area contributed by atoms with Crippen molar-refractivity contribution in [2.75, 3.05) is 13.1 Å². The molecule has 0 spiro atoms. The zero-order valence-electron chi connectivity index (χ0n) is 9.84. The molecule has 0 aromatic carbocycles. The van der Waals surface area contributed by atoms with Gasteiger partial charge in [-0.25, -0.2) is 0 Å². The van der Waals surface area contributed by atoms with Crippen molar-refractivity contribution in [3.8, 4) is 0 Å². The molecule has 0 atom stereocenters. The Morgan fingerprint density at radius 2 is 1.86 bits per heavy atom. The number of carboxylic acids is 1. The van der Waals surface area contributed by atoms with Crippen molar-refractivity contribution in [1.29, 1.82) is 0 Å². The third-order valence-electron chi connectivity index (χ3n) is 2.33. The Bertz CT molecular complexity index is 173. The summed E-state index contributed by atoms with van der Waals surface area (Å²) < 4.78 is 0. The van der Waals surface area contributed by atoms with E-state index in [1.807, 2.05) is 0 Å². The molecule has 14 heavy (non-hydrogen) atoms. The number of unbranched alkanes of at least 4 members (excludes halogenated alkanes) is 1. The van der Waals surface area contributed by atoms with Crippen LogP contribution < -0.4 is 0 Å². The van der Waals surface area contributed by atoms with Crippen LogP contribution in [0.25, 0.3) is 0 Å². The van der Waals surface area contributed by atoms with Gasteiger partial charge in [0.25, 0.3) is 0 Å². The fourth-order valence-corrected chi connectivity index (χ4v) is 1.36. The third kappa shape index (κ3) is 5.97. The molecule has 0 fully saturated rings. The number of hydrogen-bond donors (Lipinski definition) is 1. The molecular weight excluding hydrogens is 178 g/mol. The Labute approximate surface area is 87.1 Å². The van der Waals surface area contributed by atoms with Gasteiger partial charge in [-0.1, -0.05) is 13.3 Å². The molecule has 84 valence electrons. The second-order valence-electron chi connectivity index (χ2n) is 4.66. The largest absolute Gasteiger partial charge is 0.481 e. The van der Waals surface area contributed by atoms with Gasteiger partial charge in [0.05, 0.1) is 6.42 Å². The minimum Gasteiger partial charge on any atom is -0.481 e. The summed E-state index contributed by atoms with van der Waals surface area (Å²) in [6, 6.07) is 0. The van der Waals surface area contributed by atoms with E-state index in [9.17, 15) is 4.79 Å². The van der Waals surface area contributed by atoms with Crippen molar-refractivity contribution in [2.45, 2.75) is 52.5 Å². The molecule has 0 aliphatic carbocycles. The monoisotopic (exact) mass is 201 g/mol. The van der Waals surface area contributed by atoms with Gasteiger partial charge < -0.3 is 5.11 Å². The van der Waals surface area contributed by atoms with Gasteiger partial charge in [0.1, 0.15) is 0 Å². The topological polar surface area (TPSA) is 40.5 Å². The highest BCUT2D eigenvalue weighted by Crippen LogP contribution is 2.14. The van der Waals surface area contributed by atoms with E-state index in [-0.39, 0.29) is 12.0 Å². The standard InChI is InChI=1S/C11H23NO2/c1-5-6-8-12(11(2,3)4)9-7-10(13)14/h5-9H2,1-4H3,(H,13,14). The van der Waals surface area contributed by atoms with Crippen LogP contribution in [0.15, 0.2) is 0 Å². The van der Waals surface area contributed by atoms with Crippen LogP contribution in [0.2, 0.25) is 0 Å². The number of carboxylic acid groups (broad SMARTS) is 1. The van der Waals surface area contributed by atoms with Crippen LogP contribution in [0.5, 0.6) is 0 Å². The smallest absolute Gasteiger partial charge is 0.304 e. The fraction of sp³-hybridized carbons (Fsp3) is 0.909. The maximum Gasteiger partial charge on any atom is 0.304 e. The molecule has 0 bridgehead atoms. The lowest BCUT2D eigenvalue weighted by Gasteiger charge is -2.35. The van der Waals surface area contributed by atoms with Crippen LogP contribution in [0.1, 0.15) is 47.0 Å². The molecule has 0 saturated heterocycles. The van der Waals surface area contributed by atoms with Crippen molar-refractivity contribution in [2.24, 2.45) is 0 Å². The van der Waals surface area contributed by atoms with Gasteiger partial charge in [-0.15, -0.1) is 0 Å². The highest BCUT2D eigenvalue weighted by molar-refractivity contribution is 5.66. The Balaban J connectivity index is 4.04. The number of aliphatic carboxylic acids is 1. The molecule has 3 heteroatoms. The molecule has 0 rings (SSSR count). The quantitative estimate of drug-likeness (QED) is 0.717. The predicted molar refractivity (Wildman–Crippen MR) is 58.5 cm³/mol. The summed E-state index contributed by atoms with van der Waals surface area (Å²) in [5.74, 6) is -0.712. The van der Waals surface area contributed by atoms with Gasteiger partial charge in [-0.05, 0) is 33.7 Å². The van der Waals surface area contributed by atoms with Crippen molar-refractivity contribution >= 4 is 5.97 Å². The first-order valence-electron chi connectivity index (χ1n) is 5.34. The van der Waals surface area contributed by atoms with Gasteiger partial charge >= 0.3 is 5.97 Å². The van der Waals surface area contributed by atoms with Crippen LogP contribution in [0, 0.1) is 0 Å². The van der Waals surface area contributed by atoms with E-state index in [4.69, 9.17) is 5.11 Å². The fourth-order valence-electron chi connectivity index (χ4n) is 1.36. The molecule has 3 nitrogen and oxygen atoms in total. The molecule has 0 radical (unpaired) electrons. The average Bonchev–Trinajstić information content (AvgIpc) is 2.01. The molecule has 0 aliphatic heterocycles. The molecular formula is C11H23NO2. The Kier molecular flexibility index (Phi) is 5.77. The van der Waals surface area contributed by atoms with E-state index in [1.54, 1.807) is 0 Å². The number of hydrogen-bond acceptors (Lipinski definition) is 2. The van der Waals surface area contributed by atoms with Crippen molar-refractivity contribution in [3.63, 3.8) is 0 Å². The van der Waals surface area contributed by atoms with Gasteiger partial charge in [0.15, 0.2) is 0 Å². The zero-order chi connectivity index (χ0) is 11.2. The average molecular weight is 201 g/mol. The lowest BCUT2D eigenvalue weighted by Crippen LogP contribution is -2.43. The molecule has 1 N–H and O–H groups in total. The van der Waals surface area contributed by atoms with Crippen molar-refractivity contribution < 1.29 is 9.90 Å². The first-order valence-corrected chi connectivity index (χ1v) is 5.34. The number of rotatable bonds is 6. The summed E-state index contributed by atoms with van der Waals surface area (Å²) in [6.45, 7) is 10.2. The Morgan fingerprint density at radius 1 is 1.29 bits per heavy atom. The van der Waals surface area contributed by atoms with Gasteiger partial charge in [0, 0.05) is 12.1 Å². The molecule has 0 heterocycles. The van der Waals surface area contributed by atoms with Crippen LogP contribution in [0.3, 0.4) is 0 Å². The summed E-state index contributed by atoms with van der Waals surface area (Å²) in [7, 11) is 0. The normalized spacial score (nSPS) is 12.1. The van der Waals surface area contributed by atoms with Crippen LogP contribution in [-0.2, 0) is 4.79 Å². The molecule has 0 aromatic rings. The van der Waals surface area contributed by atoms with Gasteiger partial charge in [0.2, 0.25) is 0 Å². The second kappa shape index (κ2) is 6.02. The minimum absolute atomic E-state index is 0.0740. The molecule has 0 aliphatic rings. The number of carbonyl (C=O) groups is 1. The van der Waals surface area contributed by atoms with Crippen molar-refractivity contribution in [3.05, 3.63) is 0 Å². The Morgan fingerprint density at radius 3 is 2.21 bits per heavy atom. The summed E-state index contributed by atoms with van der Waals surface area (Å²) in [5.41, 5.74) is 0.0740. The van der Waals surface area contributed by atoms with Crippen molar-refractivity contribution in [1.82, 2.24) is 4.90 Å². The molecule has 0 amide bonds. The summed E-state index contributed by atoms with van der Waals surface area (Å²) in [4.78, 5) is 12.7. The first kappa shape index (κ1) is 13.4. The predicted octanol–water partition coefficient (Wildman–Crippen LogP) is 2.36. The second-order valence-corrected chi connectivity index (χ2v) is 4.66. The van der Waals surface area contributed by atoms with Crippen LogP contribution >= 0.6 is 0 Å². The lowest BCUT2D eigenvalue weighted by atomic mass is 10.0. The highest BCUT2D eigenvalue weighted by atomic mass is 16.4. The molecule has 0 aromatic heterocycles. The summed E-state index contributed by atoms with van der Waals surface area (Å²) in [5, 5.41) is 8.63. The highest BCUT2D eigenvalue weighted by Gasteiger charge is 2.20. The zero-order valence-corrected chi connectivity index (χ0v) is 9.84. The van der Waals surface area contributed by atoms with Crippen LogP contribution in [0.4, 0.5) is 0 Å². The van der Waals surface area contributed by atoms with E-state index in [1.165, 1.54) is 0 Å². The van der Waals surface area contributed by atoms with Gasteiger partial charge in [-0.3, -0.25) is 9.69 Å². The SMILES string of the molecule is CCCCN(CCC(=O)O)C(C)(C)C. The molecule has 0 saturated carbocycles. The third-order valence-corrected chi connectivity index (χ3v) is 2.33. The Hall–Kier alpha value is -0.570. The lowest BCUT2D eigenvalue weighted by molar-refractivity contribution is -0.137. The van der Waals surface area contributed by atoms with Crippen LogP contribution in [-0.4, -0.2) is 34.6 Å². The summed E-state index contributed by atoms with van der Waals surface area (Å²) in [6.07, 6.45) is 2.53. The maximum absolute atomic E-state index is 10.5. The molecule has 0 unspecified atom stereocenters. The van der Waals surface area contributed by atoms with E-state index in [0.29, 0.717) is 6.54 Å². The van der Waals surface area contributed by atoms with E-state index < -0.39 is 5.97 Å². The summed E-state index contributed by atoms with van der Waals surface area (Å²) >= 11 is 0. The minimum atomic E-state index is -0.712. The maximum atomic E-state index is 10.5.